The number of rotatable bonds is 5. The minimum Gasteiger partial charge on any atom is -0.369 e. The minimum atomic E-state index is -4.41. The number of carbonyl (C=O) groups excluding carboxylic acids is 1. The van der Waals surface area contributed by atoms with Gasteiger partial charge in [-0.15, -0.1) is 0 Å². The smallest absolute Gasteiger partial charge is 0.369 e. The monoisotopic (exact) mass is 260 g/mol. The second-order valence-electron chi connectivity index (χ2n) is 3.96. The molecule has 0 bridgehead atoms. The van der Waals surface area contributed by atoms with Crippen LogP contribution < -0.4 is 0 Å². The van der Waals surface area contributed by atoms with E-state index in [0.717, 1.165) is 12.1 Å². The Labute approximate surface area is 104 Å². The number of halogens is 3. The molecule has 1 unspecified atom stereocenters. The number of hydrogen-bond donors (Lipinski definition) is 0. The molecule has 0 aliphatic carbocycles. The van der Waals surface area contributed by atoms with Crippen LogP contribution in [0.5, 0.6) is 0 Å². The lowest BCUT2D eigenvalue weighted by Crippen LogP contribution is -2.15. The van der Waals surface area contributed by atoms with Gasteiger partial charge in [0.05, 0.1) is 5.56 Å². The zero-order valence-electron chi connectivity index (χ0n) is 10.3. The number of benzene rings is 1. The molecule has 0 spiro atoms. The maximum atomic E-state index is 12.6. The summed E-state index contributed by atoms with van der Waals surface area (Å²) in [6, 6.07) is 4.68. The lowest BCUT2D eigenvalue weighted by atomic mass is 10.0. The normalized spacial score (nSPS) is 13.4. The van der Waals surface area contributed by atoms with Crippen molar-refractivity contribution in [3.05, 3.63) is 35.4 Å². The molecule has 0 radical (unpaired) electrons. The van der Waals surface area contributed by atoms with Gasteiger partial charge in [-0.3, -0.25) is 4.79 Å². The predicted octanol–water partition coefficient (Wildman–Crippen LogP) is 3.76. The average molecular weight is 260 g/mol. The third-order valence-corrected chi connectivity index (χ3v) is 2.54. The van der Waals surface area contributed by atoms with Crippen molar-refractivity contribution in [2.75, 3.05) is 7.11 Å². The Balaban J connectivity index is 3.04. The molecule has 0 aromatic heterocycles. The second kappa shape index (κ2) is 6.00. The molecule has 5 heteroatoms. The first-order chi connectivity index (χ1) is 8.40. The largest absolute Gasteiger partial charge is 0.416 e. The van der Waals surface area contributed by atoms with E-state index in [4.69, 9.17) is 4.74 Å². The van der Waals surface area contributed by atoms with Gasteiger partial charge in [0, 0.05) is 13.5 Å². The molecule has 0 amide bonds. The minimum absolute atomic E-state index is 0.209. The van der Waals surface area contributed by atoms with Crippen molar-refractivity contribution in [3.8, 4) is 0 Å². The Hall–Kier alpha value is -1.36. The van der Waals surface area contributed by atoms with E-state index >= 15 is 0 Å². The van der Waals surface area contributed by atoms with Crippen molar-refractivity contribution in [1.29, 1.82) is 0 Å². The Morgan fingerprint density at radius 1 is 1.39 bits per heavy atom. The van der Waals surface area contributed by atoms with Gasteiger partial charge in [0.2, 0.25) is 0 Å². The molecular weight excluding hydrogens is 245 g/mol. The molecule has 1 aromatic carbocycles. The van der Waals surface area contributed by atoms with E-state index in [1.165, 1.54) is 19.2 Å². The van der Waals surface area contributed by atoms with Gasteiger partial charge >= 0.3 is 6.18 Å². The van der Waals surface area contributed by atoms with Crippen molar-refractivity contribution in [1.82, 2.24) is 0 Å². The summed E-state index contributed by atoms with van der Waals surface area (Å²) in [6.45, 7) is 1.83. The van der Waals surface area contributed by atoms with E-state index in [9.17, 15) is 18.0 Å². The first-order valence-electron chi connectivity index (χ1n) is 5.62. The Morgan fingerprint density at radius 2 is 2.06 bits per heavy atom. The summed E-state index contributed by atoms with van der Waals surface area (Å²) < 4.78 is 42.7. The van der Waals surface area contributed by atoms with E-state index in [-0.39, 0.29) is 17.8 Å². The number of carbonyl (C=O) groups is 1. The molecule has 0 N–H and O–H groups in total. The van der Waals surface area contributed by atoms with Crippen molar-refractivity contribution >= 4 is 5.78 Å². The third-order valence-electron chi connectivity index (χ3n) is 2.54. The van der Waals surface area contributed by atoms with E-state index in [0.29, 0.717) is 6.42 Å². The van der Waals surface area contributed by atoms with Gasteiger partial charge in [0.15, 0.2) is 5.78 Å². The summed E-state index contributed by atoms with van der Waals surface area (Å²) in [4.78, 5) is 11.7. The molecule has 0 saturated heterocycles. The van der Waals surface area contributed by atoms with Gasteiger partial charge in [-0.25, -0.2) is 0 Å². The van der Waals surface area contributed by atoms with Crippen molar-refractivity contribution in [3.63, 3.8) is 0 Å². The van der Waals surface area contributed by atoms with Crippen LogP contribution in [0, 0.1) is 0 Å². The molecule has 18 heavy (non-hydrogen) atoms. The molecular formula is C13H15F3O2. The Kier molecular flexibility index (Phi) is 4.90. The predicted molar refractivity (Wildman–Crippen MR) is 61.1 cm³/mol. The molecule has 0 saturated carbocycles. The van der Waals surface area contributed by atoms with Crippen LogP contribution >= 0.6 is 0 Å². The zero-order chi connectivity index (χ0) is 13.8. The van der Waals surface area contributed by atoms with Gasteiger partial charge in [-0.1, -0.05) is 19.1 Å². The number of hydrogen-bond acceptors (Lipinski definition) is 2. The molecule has 0 heterocycles. The zero-order valence-corrected chi connectivity index (χ0v) is 10.3. The molecule has 0 aliphatic heterocycles. The van der Waals surface area contributed by atoms with Crippen LogP contribution in [-0.2, 0) is 15.7 Å². The van der Waals surface area contributed by atoms with Gasteiger partial charge in [-0.2, -0.15) is 13.2 Å². The topological polar surface area (TPSA) is 26.3 Å². The number of ketones is 1. The summed E-state index contributed by atoms with van der Waals surface area (Å²) in [5.74, 6) is -0.209. The summed E-state index contributed by atoms with van der Waals surface area (Å²) in [5, 5.41) is 0. The number of Topliss-reactive ketones (excluding diaryl/α,β-unsaturated/α-hetero) is 1. The van der Waals surface area contributed by atoms with Gasteiger partial charge in [-0.05, 0) is 24.1 Å². The van der Waals surface area contributed by atoms with E-state index in [1.54, 1.807) is 0 Å². The second-order valence-corrected chi connectivity index (χ2v) is 3.96. The fraction of sp³-hybridized carbons (Fsp3) is 0.462. The number of methoxy groups -OCH3 is 1. The molecule has 100 valence electrons. The maximum absolute atomic E-state index is 12.6. The Morgan fingerprint density at radius 3 is 2.56 bits per heavy atom. The summed E-state index contributed by atoms with van der Waals surface area (Å²) in [5.41, 5.74) is -0.530. The maximum Gasteiger partial charge on any atom is 0.416 e. The average Bonchev–Trinajstić information content (AvgIpc) is 2.29. The van der Waals surface area contributed by atoms with Crippen LogP contribution in [0.2, 0.25) is 0 Å². The quantitative estimate of drug-likeness (QED) is 0.805. The summed E-state index contributed by atoms with van der Waals surface area (Å²) in [7, 11) is 1.32. The lowest BCUT2D eigenvalue weighted by molar-refractivity contribution is -0.138. The molecule has 2 nitrogen and oxygen atoms in total. The number of ether oxygens (including phenoxy) is 1. The lowest BCUT2D eigenvalue weighted by Gasteiger charge is -2.16. The summed E-state index contributed by atoms with van der Waals surface area (Å²) >= 11 is 0. The summed E-state index contributed by atoms with van der Waals surface area (Å²) in [6.07, 6.45) is -4.42. The highest BCUT2D eigenvalue weighted by Gasteiger charge is 2.31. The van der Waals surface area contributed by atoms with Crippen LogP contribution in [0.15, 0.2) is 24.3 Å². The molecule has 1 aromatic rings. The van der Waals surface area contributed by atoms with Gasteiger partial charge < -0.3 is 4.74 Å². The van der Waals surface area contributed by atoms with Crippen LogP contribution in [-0.4, -0.2) is 12.9 Å². The SMILES string of the molecule is CCCC(=O)C(OC)c1cccc(C(F)(F)F)c1. The fourth-order valence-electron chi connectivity index (χ4n) is 1.71. The first-order valence-corrected chi connectivity index (χ1v) is 5.62. The van der Waals surface area contributed by atoms with Crippen LogP contribution in [0.3, 0.4) is 0 Å². The highest BCUT2D eigenvalue weighted by Crippen LogP contribution is 2.31. The van der Waals surface area contributed by atoms with E-state index < -0.39 is 17.8 Å². The first kappa shape index (κ1) is 14.7. The van der Waals surface area contributed by atoms with Gasteiger partial charge in [0.25, 0.3) is 0 Å². The molecule has 0 fully saturated rings. The van der Waals surface area contributed by atoms with Crippen molar-refractivity contribution in [2.45, 2.75) is 32.0 Å². The van der Waals surface area contributed by atoms with Crippen LogP contribution in [0.4, 0.5) is 13.2 Å². The van der Waals surface area contributed by atoms with Crippen molar-refractivity contribution in [2.24, 2.45) is 0 Å². The van der Waals surface area contributed by atoms with Crippen LogP contribution in [0.1, 0.15) is 37.0 Å². The molecule has 1 rings (SSSR count). The fourth-order valence-corrected chi connectivity index (χ4v) is 1.71. The standard InChI is InChI=1S/C13H15F3O2/c1-3-5-11(17)12(18-2)9-6-4-7-10(8-9)13(14,15)16/h4,6-8,12H,3,5H2,1-2H3. The third kappa shape index (κ3) is 3.57. The molecule has 1 atom stereocenters. The van der Waals surface area contributed by atoms with Crippen LogP contribution in [0.25, 0.3) is 0 Å². The highest BCUT2D eigenvalue weighted by molar-refractivity contribution is 5.84. The Bertz CT molecular complexity index is 413. The van der Waals surface area contributed by atoms with E-state index in [1.807, 2.05) is 6.92 Å². The van der Waals surface area contributed by atoms with Crippen molar-refractivity contribution < 1.29 is 22.7 Å². The highest BCUT2D eigenvalue weighted by atomic mass is 19.4. The van der Waals surface area contributed by atoms with E-state index in [2.05, 4.69) is 0 Å². The molecule has 0 aliphatic rings. The number of alkyl halides is 3. The van der Waals surface area contributed by atoms with Gasteiger partial charge in [0.1, 0.15) is 6.10 Å².